The first-order chi connectivity index (χ1) is 11.0. The van der Waals surface area contributed by atoms with Crippen LogP contribution in [0.4, 0.5) is 4.79 Å². The van der Waals surface area contributed by atoms with Crippen molar-refractivity contribution in [2.45, 2.75) is 77.5 Å². The molecule has 2 rings (SSSR count). The Morgan fingerprint density at radius 3 is 2.33 bits per heavy atom. The molecule has 24 heavy (non-hydrogen) atoms. The van der Waals surface area contributed by atoms with Crippen molar-refractivity contribution in [1.29, 1.82) is 0 Å². The standard InChI is InChI=1S/C19H37N3O2/c1-17(2,3)24-16(23)22-12-9-15(18(4,5)14-22)20-13-19(21(6)7)10-8-11-19/h15,20H,8-14H2,1-7H3. The Labute approximate surface area is 148 Å². The second-order valence-corrected chi connectivity index (χ2v) is 9.58. The molecule has 1 heterocycles. The molecule has 0 bridgehead atoms. The molecule has 5 heteroatoms. The summed E-state index contributed by atoms with van der Waals surface area (Å²) in [5.74, 6) is 0. The SMILES string of the molecule is CN(C)C1(CNC2CCN(C(=O)OC(C)(C)C)CC2(C)C)CCC1. The molecule has 1 aliphatic heterocycles. The van der Waals surface area contributed by atoms with Gasteiger partial charge in [-0.15, -0.1) is 0 Å². The van der Waals surface area contributed by atoms with Crippen molar-refractivity contribution < 1.29 is 9.53 Å². The van der Waals surface area contributed by atoms with Crippen LogP contribution in [0, 0.1) is 5.41 Å². The Morgan fingerprint density at radius 2 is 1.92 bits per heavy atom. The predicted molar refractivity (Wildman–Crippen MR) is 98.3 cm³/mol. The van der Waals surface area contributed by atoms with Gasteiger partial charge >= 0.3 is 6.09 Å². The van der Waals surface area contributed by atoms with Crippen LogP contribution in [0.15, 0.2) is 0 Å². The monoisotopic (exact) mass is 339 g/mol. The average Bonchev–Trinajstić information content (AvgIpc) is 2.35. The molecule has 0 aromatic heterocycles. The maximum atomic E-state index is 12.3. The largest absolute Gasteiger partial charge is 0.444 e. The van der Waals surface area contributed by atoms with E-state index in [-0.39, 0.29) is 11.5 Å². The average molecular weight is 340 g/mol. The van der Waals surface area contributed by atoms with Crippen molar-refractivity contribution >= 4 is 6.09 Å². The third kappa shape index (κ3) is 4.42. The number of amides is 1. The number of hydrogen-bond donors (Lipinski definition) is 1. The molecular formula is C19H37N3O2. The molecule has 1 N–H and O–H groups in total. The molecule has 1 saturated heterocycles. The Balaban J connectivity index is 1.90. The fourth-order valence-corrected chi connectivity index (χ4v) is 3.90. The molecule has 1 atom stereocenters. The highest BCUT2D eigenvalue weighted by Crippen LogP contribution is 2.37. The van der Waals surface area contributed by atoms with E-state index >= 15 is 0 Å². The quantitative estimate of drug-likeness (QED) is 0.855. The second kappa shape index (κ2) is 6.83. The first-order valence-electron chi connectivity index (χ1n) is 9.34. The van der Waals surface area contributed by atoms with Gasteiger partial charge in [0.2, 0.25) is 0 Å². The molecule has 1 unspecified atom stereocenters. The van der Waals surface area contributed by atoms with Gasteiger partial charge in [0.05, 0.1) is 0 Å². The van der Waals surface area contributed by atoms with E-state index in [0.29, 0.717) is 11.6 Å². The van der Waals surface area contributed by atoms with Gasteiger partial charge in [0, 0.05) is 31.2 Å². The summed E-state index contributed by atoms with van der Waals surface area (Å²) in [5.41, 5.74) is -0.0522. The van der Waals surface area contributed by atoms with Gasteiger partial charge < -0.3 is 19.9 Å². The van der Waals surface area contributed by atoms with Crippen molar-refractivity contribution in [3.8, 4) is 0 Å². The van der Waals surface area contributed by atoms with Gasteiger partial charge in [-0.25, -0.2) is 4.79 Å². The van der Waals surface area contributed by atoms with Crippen molar-refractivity contribution in [3.63, 3.8) is 0 Å². The van der Waals surface area contributed by atoms with E-state index in [1.54, 1.807) is 0 Å². The van der Waals surface area contributed by atoms with E-state index in [2.05, 4.69) is 38.2 Å². The lowest BCUT2D eigenvalue weighted by Gasteiger charge is -2.50. The first kappa shape index (κ1) is 19.5. The van der Waals surface area contributed by atoms with Crippen LogP contribution in [0.25, 0.3) is 0 Å². The summed E-state index contributed by atoms with van der Waals surface area (Å²) in [6.45, 7) is 12.8. The van der Waals surface area contributed by atoms with Gasteiger partial charge in [0.1, 0.15) is 5.60 Å². The number of likely N-dealkylation sites (N-methyl/N-ethyl adjacent to an activating group) is 1. The van der Waals surface area contributed by atoms with Crippen LogP contribution in [0.2, 0.25) is 0 Å². The number of nitrogens with one attached hydrogen (secondary N) is 1. The van der Waals surface area contributed by atoms with Crippen LogP contribution < -0.4 is 5.32 Å². The predicted octanol–water partition coefficient (Wildman–Crippen LogP) is 3.10. The third-order valence-corrected chi connectivity index (χ3v) is 5.79. The van der Waals surface area contributed by atoms with Crippen molar-refractivity contribution in [2.75, 3.05) is 33.7 Å². The summed E-state index contributed by atoms with van der Waals surface area (Å²) in [6, 6.07) is 0.439. The highest BCUT2D eigenvalue weighted by atomic mass is 16.6. The lowest BCUT2D eigenvalue weighted by molar-refractivity contribution is -0.00256. The maximum Gasteiger partial charge on any atom is 0.410 e. The lowest BCUT2D eigenvalue weighted by atomic mass is 9.74. The van der Waals surface area contributed by atoms with Crippen molar-refractivity contribution in [2.24, 2.45) is 5.41 Å². The smallest absolute Gasteiger partial charge is 0.410 e. The molecule has 0 aromatic rings. The summed E-state index contributed by atoms with van der Waals surface area (Å²) < 4.78 is 5.54. The molecular weight excluding hydrogens is 302 g/mol. The summed E-state index contributed by atoms with van der Waals surface area (Å²) in [4.78, 5) is 16.6. The fraction of sp³-hybridized carbons (Fsp3) is 0.947. The zero-order valence-electron chi connectivity index (χ0n) is 16.7. The Bertz CT molecular complexity index is 450. The van der Waals surface area contributed by atoms with E-state index in [1.165, 1.54) is 19.3 Å². The molecule has 2 aliphatic rings. The van der Waals surface area contributed by atoms with E-state index in [4.69, 9.17) is 4.74 Å². The molecule has 0 spiro atoms. The summed E-state index contributed by atoms with van der Waals surface area (Å²) in [6.07, 6.45) is 4.70. The van der Waals surface area contributed by atoms with E-state index in [9.17, 15) is 4.79 Å². The van der Waals surface area contributed by atoms with Crippen LogP contribution in [0.3, 0.4) is 0 Å². The summed E-state index contributed by atoms with van der Waals surface area (Å²) in [5, 5.41) is 3.82. The zero-order valence-corrected chi connectivity index (χ0v) is 16.7. The van der Waals surface area contributed by atoms with Gasteiger partial charge in [-0.05, 0) is 66.0 Å². The van der Waals surface area contributed by atoms with Gasteiger partial charge in [-0.2, -0.15) is 0 Å². The minimum Gasteiger partial charge on any atom is -0.444 e. The highest BCUT2D eigenvalue weighted by molar-refractivity contribution is 5.68. The topological polar surface area (TPSA) is 44.8 Å². The van der Waals surface area contributed by atoms with Crippen LogP contribution in [-0.4, -0.2) is 66.8 Å². The summed E-state index contributed by atoms with van der Waals surface area (Å²) >= 11 is 0. The van der Waals surface area contributed by atoms with E-state index in [1.807, 2.05) is 25.7 Å². The molecule has 0 aromatic carbocycles. The number of piperidine rings is 1. The number of likely N-dealkylation sites (tertiary alicyclic amines) is 1. The molecule has 0 radical (unpaired) electrons. The van der Waals surface area contributed by atoms with Crippen LogP contribution in [-0.2, 0) is 4.74 Å². The van der Waals surface area contributed by atoms with Crippen LogP contribution >= 0.6 is 0 Å². The number of ether oxygens (including phenoxy) is 1. The number of carbonyl (C=O) groups is 1. The Kier molecular flexibility index (Phi) is 5.55. The first-order valence-corrected chi connectivity index (χ1v) is 9.34. The molecule has 140 valence electrons. The van der Waals surface area contributed by atoms with Gasteiger partial charge in [0.15, 0.2) is 0 Å². The lowest BCUT2D eigenvalue weighted by Crippen LogP contribution is -2.62. The number of hydrogen-bond acceptors (Lipinski definition) is 4. The molecule has 1 amide bonds. The fourth-order valence-electron chi connectivity index (χ4n) is 3.90. The Hall–Kier alpha value is -0.810. The molecule has 2 fully saturated rings. The third-order valence-electron chi connectivity index (χ3n) is 5.79. The number of nitrogens with zero attached hydrogens (tertiary/aromatic N) is 2. The van der Waals surface area contributed by atoms with E-state index < -0.39 is 5.60 Å². The van der Waals surface area contributed by atoms with Crippen LogP contribution in [0.5, 0.6) is 0 Å². The molecule has 1 aliphatic carbocycles. The van der Waals surface area contributed by atoms with Crippen molar-refractivity contribution in [3.05, 3.63) is 0 Å². The normalized spacial score (nSPS) is 26.2. The minimum atomic E-state index is -0.432. The van der Waals surface area contributed by atoms with Gasteiger partial charge in [-0.3, -0.25) is 0 Å². The van der Waals surface area contributed by atoms with Crippen molar-refractivity contribution in [1.82, 2.24) is 15.1 Å². The minimum absolute atomic E-state index is 0.0480. The highest BCUT2D eigenvalue weighted by Gasteiger charge is 2.43. The van der Waals surface area contributed by atoms with Gasteiger partial charge in [0.25, 0.3) is 0 Å². The van der Waals surface area contributed by atoms with E-state index in [0.717, 1.165) is 26.1 Å². The molecule has 5 nitrogen and oxygen atoms in total. The van der Waals surface area contributed by atoms with Crippen LogP contribution in [0.1, 0.15) is 60.3 Å². The van der Waals surface area contributed by atoms with Gasteiger partial charge in [-0.1, -0.05) is 13.8 Å². The number of carbonyl (C=O) groups excluding carboxylic acids is 1. The summed E-state index contributed by atoms with van der Waals surface area (Å²) in [7, 11) is 4.38. The Morgan fingerprint density at radius 1 is 1.29 bits per heavy atom. The molecule has 1 saturated carbocycles. The zero-order chi connectivity index (χ0) is 18.2. The number of rotatable bonds is 4. The second-order valence-electron chi connectivity index (χ2n) is 9.58. The maximum absolute atomic E-state index is 12.3.